The molecule has 3 aromatic rings. The smallest absolute Gasteiger partial charge is 0.334 e. The van der Waals surface area contributed by atoms with Crippen molar-refractivity contribution >= 4 is 24.3 Å². The van der Waals surface area contributed by atoms with Crippen molar-refractivity contribution in [3.8, 4) is 5.75 Å². The van der Waals surface area contributed by atoms with Crippen LogP contribution in [0.1, 0.15) is 16.8 Å². The number of methoxy groups -OCH3 is 1. The predicted octanol–water partition coefficient (Wildman–Crippen LogP) is 1.14. The minimum atomic E-state index is -4.57. The van der Waals surface area contributed by atoms with E-state index in [2.05, 4.69) is 15.3 Å². The van der Waals surface area contributed by atoms with Crippen LogP contribution < -0.4 is 21.2 Å². The van der Waals surface area contributed by atoms with E-state index in [1.807, 2.05) is 0 Å². The van der Waals surface area contributed by atoms with Crippen LogP contribution in [-0.2, 0) is 11.1 Å². The molecule has 13 heteroatoms. The maximum Gasteiger partial charge on any atom is 0.334 e. The van der Waals surface area contributed by atoms with E-state index in [1.54, 1.807) is 18.2 Å². The Morgan fingerprint density at radius 3 is 2.55 bits per heavy atom. The Balaban J connectivity index is 1.92. The highest BCUT2D eigenvalue weighted by molar-refractivity contribution is 7.52. The Hall–Kier alpha value is -3.31. The summed E-state index contributed by atoms with van der Waals surface area (Å²) in [7, 11) is -3.14. The standard InChI is InChI=1S/C18H19N4O8P/c1-30-13-4-2-3-10(6-13)15(31(27,28)29)9-19-8-11-5-12(22(25)26)7-14-16(11)21-18(24)17(23)20-14/h2-7,15,19H,8-9H2,1H3,(H,20,23)(H,21,24)(H2,27,28,29). The maximum absolute atomic E-state index is 12.0. The van der Waals surface area contributed by atoms with E-state index in [-0.39, 0.29) is 35.4 Å². The van der Waals surface area contributed by atoms with Crippen molar-refractivity contribution in [2.24, 2.45) is 0 Å². The van der Waals surface area contributed by atoms with E-state index < -0.39 is 29.3 Å². The van der Waals surface area contributed by atoms with Crippen molar-refractivity contribution < 1.29 is 24.0 Å². The van der Waals surface area contributed by atoms with E-state index in [4.69, 9.17) is 4.74 Å². The van der Waals surface area contributed by atoms with E-state index in [9.17, 15) is 34.1 Å². The first-order valence-electron chi connectivity index (χ1n) is 8.93. The van der Waals surface area contributed by atoms with Crippen molar-refractivity contribution in [3.05, 3.63) is 78.3 Å². The van der Waals surface area contributed by atoms with Crippen LogP contribution in [0.3, 0.4) is 0 Å². The van der Waals surface area contributed by atoms with Gasteiger partial charge in [0.05, 0.1) is 28.7 Å². The Labute approximate surface area is 174 Å². The molecule has 5 N–H and O–H groups in total. The first-order chi connectivity index (χ1) is 14.6. The van der Waals surface area contributed by atoms with E-state index in [0.29, 0.717) is 11.3 Å². The van der Waals surface area contributed by atoms with E-state index in [1.165, 1.54) is 19.2 Å². The number of rotatable bonds is 8. The van der Waals surface area contributed by atoms with Crippen LogP contribution in [-0.4, -0.2) is 38.3 Å². The molecule has 0 aliphatic rings. The Kier molecular flexibility index (Phi) is 6.37. The topological polar surface area (TPSA) is 188 Å². The van der Waals surface area contributed by atoms with Crippen LogP contribution in [0.4, 0.5) is 5.69 Å². The number of benzene rings is 2. The third-order valence-electron chi connectivity index (χ3n) is 4.65. The number of H-pyrrole nitrogens is 2. The fraction of sp³-hybridized carbons (Fsp3) is 0.222. The van der Waals surface area contributed by atoms with Gasteiger partial charge < -0.3 is 29.8 Å². The SMILES string of the molecule is COc1cccc(C(CNCc2cc([N+](=O)[O-])cc3[nH]c(=O)c(=O)[nH]c23)P(=O)(O)O)c1. The minimum Gasteiger partial charge on any atom is -0.497 e. The number of hydrogen-bond donors (Lipinski definition) is 5. The van der Waals surface area contributed by atoms with Gasteiger partial charge in [-0.1, -0.05) is 12.1 Å². The van der Waals surface area contributed by atoms with Gasteiger partial charge in [-0.3, -0.25) is 24.3 Å². The quantitative estimate of drug-likeness (QED) is 0.145. The molecule has 3 rings (SSSR count). The summed E-state index contributed by atoms with van der Waals surface area (Å²) in [5.41, 5.74) is -2.53. The van der Waals surface area contributed by atoms with Crippen LogP contribution in [0, 0.1) is 10.1 Å². The molecule has 1 heterocycles. The van der Waals surface area contributed by atoms with Crippen LogP contribution in [0.15, 0.2) is 46.0 Å². The van der Waals surface area contributed by atoms with Gasteiger partial charge in [-0.05, 0) is 23.3 Å². The number of nitro groups is 1. The van der Waals surface area contributed by atoms with Crippen LogP contribution >= 0.6 is 7.60 Å². The summed E-state index contributed by atoms with van der Waals surface area (Å²) in [4.78, 5) is 58.1. The van der Waals surface area contributed by atoms with Gasteiger partial charge >= 0.3 is 18.7 Å². The zero-order valence-corrected chi connectivity index (χ0v) is 17.1. The highest BCUT2D eigenvalue weighted by Crippen LogP contribution is 2.51. The fourth-order valence-corrected chi connectivity index (χ4v) is 4.06. The number of hydrogen-bond acceptors (Lipinski definition) is 7. The summed E-state index contributed by atoms with van der Waals surface area (Å²) >= 11 is 0. The van der Waals surface area contributed by atoms with E-state index in [0.717, 1.165) is 6.07 Å². The first-order valence-corrected chi connectivity index (χ1v) is 10.6. The van der Waals surface area contributed by atoms with Crippen LogP contribution in [0.2, 0.25) is 0 Å². The van der Waals surface area contributed by atoms with Crippen molar-refractivity contribution in [2.45, 2.75) is 12.2 Å². The van der Waals surface area contributed by atoms with Crippen LogP contribution in [0.25, 0.3) is 11.0 Å². The van der Waals surface area contributed by atoms with Gasteiger partial charge in [0, 0.05) is 25.2 Å². The summed E-state index contributed by atoms with van der Waals surface area (Å²) in [5, 5.41) is 14.1. The summed E-state index contributed by atoms with van der Waals surface area (Å²) in [6.07, 6.45) is 0. The number of aromatic amines is 2. The monoisotopic (exact) mass is 450 g/mol. The minimum absolute atomic E-state index is 0.0648. The van der Waals surface area contributed by atoms with Crippen molar-refractivity contribution in [2.75, 3.05) is 13.7 Å². The lowest BCUT2D eigenvalue weighted by atomic mass is 10.1. The summed E-state index contributed by atoms with van der Waals surface area (Å²) in [5.74, 6) is 0.433. The molecule has 31 heavy (non-hydrogen) atoms. The number of fused-ring (bicyclic) bond motifs is 1. The molecule has 0 aliphatic carbocycles. The third-order valence-corrected chi connectivity index (χ3v) is 5.94. The second-order valence-electron chi connectivity index (χ2n) is 6.71. The lowest BCUT2D eigenvalue weighted by molar-refractivity contribution is -0.384. The molecule has 0 saturated heterocycles. The molecule has 0 bridgehead atoms. The van der Waals surface area contributed by atoms with Gasteiger partial charge in [0.1, 0.15) is 5.75 Å². The molecular formula is C18H19N4O8P. The molecule has 0 radical (unpaired) electrons. The normalized spacial score (nSPS) is 12.6. The molecule has 1 unspecified atom stereocenters. The summed E-state index contributed by atoms with van der Waals surface area (Å²) in [6, 6.07) is 8.63. The Bertz CT molecular complexity index is 1300. The molecule has 1 aromatic heterocycles. The zero-order chi connectivity index (χ0) is 22.8. The van der Waals surface area contributed by atoms with Gasteiger partial charge in [0.2, 0.25) is 0 Å². The van der Waals surface area contributed by atoms with Gasteiger partial charge in [0.25, 0.3) is 5.69 Å². The number of non-ortho nitro benzene ring substituents is 1. The van der Waals surface area contributed by atoms with Crippen molar-refractivity contribution in [1.29, 1.82) is 0 Å². The average molecular weight is 450 g/mol. The molecule has 12 nitrogen and oxygen atoms in total. The molecule has 0 aliphatic heterocycles. The maximum atomic E-state index is 12.0. The van der Waals surface area contributed by atoms with Crippen molar-refractivity contribution in [1.82, 2.24) is 15.3 Å². The largest absolute Gasteiger partial charge is 0.497 e. The average Bonchev–Trinajstić information content (AvgIpc) is 2.71. The molecule has 0 saturated carbocycles. The number of nitrogens with one attached hydrogen (secondary N) is 3. The summed E-state index contributed by atoms with van der Waals surface area (Å²) < 4.78 is 17.1. The van der Waals surface area contributed by atoms with Gasteiger partial charge in [0.15, 0.2) is 0 Å². The highest BCUT2D eigenvalue weighted by Gasteiger charge is 2.30. The third kappa shape index (κ3) is 5.06. The summed E-state index contributed by atoms with van der Waals surface area (Å²) in [6.45, 7) is -0.240. The van der Waals surface area contributed by atoms with Gasteiger partial charge in [-0.2, -0.15) is 0 Å². The lowest BCUT2D eigenvalue weighted by Crippen LogP contribution is -2.29. The molecule has 0 spiro atoms. The molecule has 1 atom stereocenters. The Morgan fingerprint density at radius 2 is 1.90 bits per heavy atom. The molecule has 2 aromatic carbocycles. The fourth-order valence-electron chi connectivity index (χ4n) is 3.15. The molecule has 164 valence electrons. The predicted molar refractivity (Wildman–Crippen MR) is 111 cm³/mol. The highest BCUT2D eigenvalue weighted by atomic mass is 31.2. The number of nitro benzene ring substituents is 1. The molecule has 0 fully saturated rings. The second kappa shape index (κ2) is 8.82. The first kappa shape index (κ1) is 22.4. The number of ether oxygens (including phenoxy) is 1. The van der Waals surface area contributed by atoms with Gasteiger partial charge in [-0.15, -0.1) is 0 Å². The molecular weight excluding hydrogens is 431 g/mol. The van der Waals surface area contributed by atoms with Crippen LogP contribution in [0.5, 0.6) is 5.75 Å². The van der Waals surface area contributed by atoms with E-state index >= 15 is 0 Å². The van der Waals surface area contributed by atoms with Gasteiger partial charge in [-0.25, -0.2) is 0 Å². The number of aromatic nitrogens is 2. The second-order valence-corrected chi connectivity index (χ2v) is 8.51. The Morgan fingerprint density at radius 1 is 1.19 bits per heavy atom. The zero-order valence-electron chi connectivity index (χ0n) is 16.2. The molecule has 0 amide bonds. The number of nitrogens with zero attached hydrogens (tertiary/aromatic N) is 1. The lowest BCUT2D eigenvalue weighted by Gasteiger charge is -2.20. The van der Waals surface area contributed by atoms with Crippen molar-refractivity contribution in [3.63, 3.8) is 0 Å².